The van der Waals surface area contributed by atoms with Crippen molar-refractivity contribution in [3.8, 4) is 0 Å². The molecule has 0 aromatic rings. The molecule has 2 heteroatoms. The number of rotatable bonds is 0. The topological polar surface area (TPSA) is 22.3 Å². The van der Waals surface area contributed by atoms with Crippen LogP contribution in [0, 0.1) is 0 Å². The van der Waals surface area contributed by atoms with E-state index in [9.17, 15) is 0 Å². The van der Waals surface area contributed by atoms with E-state index in [4.69, 9.17) is 5.73 Å². The van der Waals surface area contributed by atoms with E-state index in [1.165, 1.54) is 0 Å². The van der Waals surface area contributed by atoms with Gasteiger partial charge in [0.15, 0.2) is 0 Å². The fraction of sp³-hybridized carbons (Fsp3) is 1.00. The summed E-state index contributed by atoms with van der Waals surface area (Å²) in [5.74, 6) is 0. The van der Waals surface area contributed by atoms with Crippen LogP contribution in [0.2, 0.25) is 0 Å². The molecule has 0 fully saturated rings. The molecule has 0 saturated heterocycles. The minimum atomic E-state index is -0.500. The van der Waals surface area contributed by atoms with Gasteiger partial charge in [-0.3, -0.25) is 0 Å². The number of nitrogens with zero attached hydrogens (tertiary/aromatic N) is 1. The molecule has 5 radical (unpaired) electrons. The summed E-state index contributed by atoms with van der Waals surface area (Å²) >= 11 is 0. The first-order valence-electron chi connectivity index (χ1n) is 1.72. The van der Waals surface area contributed by atoms with E-state index < -0.39 is 5.54 Å². The summed E-state index contributed by atoms with van der Waals surface area (Å²) in [6, 6.07) is 0. The van der Waals surface area contributed by atoms with Crippen molar-refractivity contribution >= 4 is 24.4 Å². The average molecular weight is 193 g/mol. The van der Waals surface area contributed by atoms with Crippen molar-refractivity contribution in [3.05, 3.63) is 0 Å². The van der Waals surface area contributed by atoms with Gasteiger partial charge in [-0.05, 0) is 20.8 Å². The van der Waals surface area contributed by atoms with E-state index in [0.29, 0.717) is 0 Å². The quantitative estimate of drug-likeness (QED) is 0.499. The fourth-order valence-corrected chi connectivity index (χ4v) is 0. The van der Waals surface area contributed by atoms with Gasteiger partial charge in [0, 0.05) is 30.0 Å². The zero-order chi connectivity index (χ0) is 4.50. The second-order valence-electron chi connectivity index (χ2n) is 2.17. The monoisotopic (exact) mass is 192 g/mol. The standard InChI is InChI=1S/C4H9N.Sb/c1-4(2,3)5;/h1-3H3;. The molecule has 0 aromatic heterocycles. The molecule has 0 N–H and O–H groups in total. The Labute approximate surface area is 56.7 Å². The van der Waals surface area contributed by atoms with E-state index in [1.54, 1.807) is 20.8 Å². The van der Waals surface area contributed by atoms with Crippen LogP contribution in [-0.4, -0.2) is 30.0 Å². The molecule has 6 heavy (non-hydrogen) atoms. The minimum Gasteiger partial charge on any atom is -0.138 e. The van der Waals surface area contributed by atoms with Gasteiger partial charge >= 0.3 is 0 Å². The molecule has 0 aliphatic rings. The molecule has 0 aliphatic carbocycles. The Morgan fingerprint density at radius 2 is 1.17 bits per heavy atom. The zero-order valence-electron chi connectivity index (χ0n) is 4.39. The molecule has 0 rings (SSSR count). The normalized spacial score (nSPS) is 10.0. The summed E-state index contributed by atoms with van der Waals surface area (Å²) in [6.45, 7) is 5.23. The Bertz CT molecular complexity index is 23.0. The van der Waals surface area contributed by atoms with Gasteiger partial charge in [0.2, 0.25) is 0 Å². The SMILES string of the molecule is CC(C)(C)[N].[Sb]. The van der Waals surface area contributed by atoms with Gasteiger partial charge in [0.25, 0.3) is 0 Å². The van der Waals surface area contributed by atoms with Crippen LogP contribution in [-0.2, 0) is 0 Å². The third-order valence-corrected chi connectivity index (χ3v) is 0. The second-order valence-corrected chi connectivity index (χ2v) is 2.17. The summed E-state index contributed by atoms with van der Waals surface area (Å²) < 4.78 is 0. The average Bonchev–Trinajstić information content (AvgIpc) is 0.722. The van der Waals surface area contributed by atoms with Crippen molar-refractivity contribution < 1.29 is 0 Å². The summed E-state index contributed by atoms with van der Waals surface area (Å²) in [7, 11) is 0. The third-order valence-electron chi connectivity index (χ3n) is 0. The molecule has 1 nitrogen and oxygen atoms in total. The van der Waals surface area contributed by atoms with Crippen LogP contribution in [0.5, 0.6) is 0 Å². The largest absolute Gasteiger partial charge is 0.138 e. The van der Waals surface area contributed by atoms with Crippen molar-refractivity contribution in [2.24, 2.45) is 0 Å². The van der Waals surface area contributed by atoms with Crippen LogP contribution in [0.25, 0.3) is 0 Å². The van der Waals surface area contributed by atoms with E-state index in [2.05, 4.69) is 0 Å². The summed E-state index contributed by atoms with van der Waals surface area (Å²) in [4.78, 5) is 0. The van der Waals surface area contributed by atoms with E-state index in [-0.39, 0.29) is 24.4 Å². The minimum absolute atomic E-state index is 0. The molecule has 35 valence electrons. The Kier molecular flexibility index (Phi) is 4.74. The Hall–Kier alpha value is 0.778. The van der Waals surface area contributed by atoms with Crippen molar-refractivity contribution in [2.45, 2.75) is 26.3 Å². The van der Waals surface area contributed by atoms with Gasteiger partial charge in [-0.15, -0.1) is 5.73 Å². The number of hydrogen-bond donors (Lipinski definition) is 0. The van der Waals surface area contributed by atoms with Crippen molar-refractivity contribution in [2.75, 3.05) is 0 Å². The predicted octanol–water partition coefficient (Wildman–Crippen LogP) is 0.473. The molecule has 0 unspecified atom stereocenters. The molecule has 0 aliphatic heterocycles. The van der Waals surface area contributed by atoms with Gasteiger partial charge in [0.1, 0.15) is 0 Å². The van der Waals surface area contributed by atoms with Gasteiger partial charge in [0.05, 0.1) is 0 Å². The van der Waals surface area contributed by atoms with E-state index in [1.807, 2.05) is 0 Å². The number of hydrogen-bond acceptors (Lipinski definition) is 0. The Morgan fingerprint density at radius 1 is 1.17 bits per heavy atom. The molecule has 0 aromatic carbocycles. The molecule has 0 spiro atoms. The molecule has 0 heterocycles. The van der Waals surface area contributed by atoms with E-state index in [0.717, 1.165) is 0 Å². The van der Waals surface area contributed by atoms with Crippen molar-refractivity contribution in [3.63, 3.8) is 0 Å². The van der Waals surface area contributed by atoms with Crippen LogP contribution in [0.4, 0.5) is 0 Å². The first-order chi connectivity index (χ1) is 2.00. The molecular weight excluding hydrogens is 184 g/mol. The first kappa shape index (κ1) is 9.91. The molecule has 0 saturated carbocycles. The predicted molar refractivity (Wildman–Crippen MR) is 27.6 cm³/mol. The van der Waals surface area contributed by atoms with Crippen LogP contribution < -0.4 is 5.73 Å². The van der Waals surface area contributed by atoms with Gasteiger partial charge < -0.3 is 0 Å². The Balaban J connectivity index is 0. The van der Waals surface area contributed by atoms with Crippen LogP contribution in [0.3, 0.4) is 0 Å². The fourth-order valence-electron chi connectivity index (χ4n) is 0. The van der Waals surface area contributed by atoms with Crippen LogP contribution >= 0.6 is 0 Å². The molecular formula is C4H9NSb. The first-order valence-corrected chi connectivity index (χ1v) is 1.72. The van der Waals surface area contributed by atoms with Crippen molar-refractivity contribution in [1.82, 2.24) is 5.73 Å². The molecule has 0 amide bonds. The van der Waals surface area contributed by atoms with Gasteiger partial charge in [-0.2, -0.15) is 0 Å². The summed E-state index contributed by atoms with van der Waals surface area (Å²) in [6.07, 6.45) is 0. The molecule has 0 bridgehead atoms. The summed E-state index contributed by atoms with van der Waals surface area (Å²) in [5.41, 5.74) is 8.02. The van der Waals surface area contributed by atoms with E-state index >= 15 is 0 Å². The van der Waals surface area contributed by atoms with Gasteiger partial charge in [-0.25, -0.2) is 0 Å². The van der Waals surface area contributed by atoms with Gasteiger partial charge in [-0.1, -0.05) is 0 Å². The maximum atomic E-state index is 8.52. The zero-order valence-corrected chi connectivity index (χ0v) is 6.95. The summed E-state index contributed by atoms with van der Waals surface area (Å²) in [5, 5.41) is 0. The smallest absolute Gasteiger partial charge is 0.0459 e. The van der Waals surface area contributed by atoms with Crippen LogP contribution in [0.1, 0.15) is 20.8 Å². The maximum Gasteiger partial charge on any atom is 0.0459 e. The third kappa shape index (κ3) is 113. The molecule has 0 atom stereocenters. The second kappa shape index (κ2) is 2.87. The van der Waals surface area contributed by atoms with Crippen LogP contribution in [0.15, 0.2) is 0 Å². The van der Waals surface area contributed by atoms with Crippen molar-refractivity contribution in [1.29, 1.82) is 0 Å². The Morgan fingerprint density at radius 3 is 1.17 bits per heavy atom. The maximum absolute atomic E-state index is 8.52.